The molecule has 2 fully saturated rings. The van der Waals surface area contributed by atoms with Gasteiger partial charge in [0, 0.05) is 12.2 Å². The Labute approximate surface area is 144 Å². The Kier molecular flexibility index (Phi) is 5.36. The molecule has 0 radical (unpaired) electrons. The maximum Gasteiger partial charge on any atom is 0.252 e. The zero-order valence-electron chi connectivity index (χ0n) is 14.9. The third-order valence-corrected chi connectivity index (χ3v) is 5.95. The third-order valence-electron chi connectivity index (χ3n) is 5.95. The SMILES string of the molecule is CC1CCC(Nc2ncc(C(N)=O)c(C[C@H](C)C3CCC3)n2)CC1. The molecule has 0 saturated heterocycles. The average Bonchev–Trinajstić information content (AvgIpc) is 2.47. The van der Waals surface area contributed by atoms with E-state index >= 15 is 0 Å². The molecule has 3 N–H and O–H groups in total. The van der Waals surface area contributed by atoms with Crippen molar-refractivity contribution in [2.45, 2.75) is 71.3 Å². The molecule has 24 heavy (non-hydrogen) atoms. The number of nitrogens with zero attached hydrogens (tertiary/aromatic N) is 2. The van der Waals surface area contributed by atoms with Gasteiger partial charge in [-0.15, -0.1) is 0 Å². The van der Waals surface area contributed by atoms with Crippen molar-refractivity contribution in [3.63, 3.8) is 0 Å². The van der Waals surface area contributed by atoms with Crippen LogP contribution in [0, 0.1) is 17.8 Å². The molecule has 0 aromatic carbocycles. The number of hydrogen-bond acceptors (Lipinski definition) is 4. The van der Waals surface area contributed by atoms with Crippen LogP contribution in [0.4, 0.5) is 5.95 Å². The van der Waals surface area contributed by atoms with Gasteiger partial charge in [-0.3, -0.25) is 4.79 Å². The van der Waals surface area contributed by atoms with Crippen molar-refractivity contribution in [1.29, 1.82) is 0 Å². The van der Waals surface area contributed by atoms with Crippen LogP contribution in [-0.2, 0) is 6.42 Å². The molecule has 0 unspecified atom stereocenters. The number of anilines is 1. The Morgan fingerprint density at radius 3 is 2.58 bits per heavy atom. The quantitative estimate of drug-likeness (QED) is 0.836. The van der Waals surface area contributed by atoms with E-state index < -0.39 is 5.91 Å². The zero-order valence-corrected chi connectivity index (χ0v) is 14.9. The minimum absolute atomic E-state index is 0.427. The largest absolute Gasteiger partial charge is 0.365 e. The van der Waals surface area contributed by atoms with Crippen LogP contribution in [0.15, 0.2) is 6.20 Å². The number of nitrogens with one attached hydrogen (secondary N) is 1. The monoisotopic (exact) mass is 330 g/mol. The summed E-state index contributed by atoms with van der Waals surface area (Å²) in [5.41, 5.74) is 6.81. The summed E-state index contributed by atoms with van der Waals surface area (Å²) in [5.74, 6) is 2.34. The number of carbonyl (C=O) groups excluding carboxylic acids is 1. The van der Waals surface area contributed by atoms with Gasteiger partial charge in [-0.25, -0.2) is 9.97 Å². The fraction of sp³-hybridized carbons (Fsp3) is 0.737. The minimum atomic E-state index is -0.427. The molecule has 0 spiro atoms. The molecule has 2 aliphatic rings. The van der Waals surface area contributed by atoms with E-state index in [1.54, 1.807) is 6.20 Å². The van der Waals surface area contributed by atoms with E-state index in [4.69, 9.17) is 5.73 Å². The third kappa shape index (κ3) is 4.05. The summed E-state index contributed by atoms with van der Waals surface area (Å²) < 4.78 is 0. The molecule has 3 rings (SSSR count). The van der Waals surface area contributed by atoms with Crippen LogP contribution in [0.2, 0.25) is 0 Å². The standard InChI is InChI=1S/C19H30N4O/c1-12-6-8-15(9-7-12)22-19-21-11-16(18(20)24)17(23-19)10-13(2)14-4-3-5-14/h11-15H,3-10H2,1-2H3,(H2,20,24)(H,21,22,23)/t12?,13-,15?/m0/s1. The first-order valence-electron chi connectivity index (χ1n) is 9.45. The van der Waals surface area contributed by atoms with Crippen molar-refractivity contribution < 1.29 is 4.79 Å². The van der Waals surface area contributed by atoms with Crippen molar-refractivity contribution in [3.05, 3.63) is 17.5 Å². The topological polar surface area (TPSA) is 80.9 Å². The summed E-state index contributed by atoms with van der Waals surface area (Å²) in [6.07, 6.45) is 11.2. The van der Waals surface area contributed by atoms with Gasteiger partial charge in [-0.2, -0.15) is 0 Å². The number of aromatic nitrogens is 2. The maximum absolute atomic E-state index is 11.7. The first-order valence-corrected chi connectivity index (χ1v) is 9.45. The number of hydrogen-bond donors (Lipinski definition) is 2. The van der Waals surface area contributed by atoms with Crippen LogP contribution >= 0.6 is 0 Å². The van der Waals surface area contributed by atoms with Gasteiger partial charge in [0.15, 0.2) is 0 Å². The number of primary amides is 1. The highest BCUT2D eigenvalue weighted by atomic mass is 16.1. The number of rotatable bonds is 6. The van der Waals surface area contributed by atoms with Gasteiger partial charge in [0.2, 0.25) is 5.95 Å². The first-order chi connectivity index (χ1) is 11.5. The minimum Gasteiger partial charge on any atom is -0.365 e. The Morgan fingerprint density at radius 2 is 2.00 bits per heavy atom. The molecule has 2 saturated carbocycles. The lowest BCUT2D eigenvalue weighted by molar-refractivity contribution is 0.0998. The van der Waals surface area contributed by atoms with Crippen LogP contribution in [0.25, 0.3) is 0 Å². The summed E-state index contributed by atoms with van der Waals surface area (Å²) in [5, 5.41) is 3.46. The van der Waals surface area contributed by atoms with Gasteiger partial charge in [-0.1, -0.05) is 33.1 Å². The molecular formula is C19H30N4O. The predicted octanol–water partition coefficient (Wildman–Crippen LogP) is 3.54. The second-order valence-electron chi connectivity index (χ2n) is 7.89. The van der Waals surface area contributed by atoms with Crippen LogP contribution in [0.1, 0.15) is 74.8 Å². The summed E-state index contributed by atoms with van der Waals surface area (Å²) in [6.45, 7) is 4.57. The number of nitrogens with two attached hydrogens (primary N) is 1. The molecule has 2 aliphatic carbocycles. The normalized spacial score (nSPS) is 25.8. The van der Waals surface area contributed by atoms with Gasteiger partial charge in [0.05, 0.1) is 11.3 Å². The number of carbonyl (C=O) groups is 1. The highest BCUT2D eigenvalue weighted by Gasteiger charge is 2.26. The fourth-order valence-corrected chi connectivity index (χ4v) is 3.92. The Balaban J connectivity index is 1.71. The molecule has 1 heterocycles. The predicted molar refractivity (Wildman–Crippen MR) is 95.8 cm³/mol. The van der Waals surface area contributed by atoms with Crippen LogP contribution < -0.4 is 11.1 Å². The van der Waals surface area contributed by atoms with Gasteiger partial charge in [-0.05, 0) is 49.9 Å². The first kappa shape index (κ1) is 17.2. The average molecular weight is 330 g/mol. The fourth-order valence-electron chi connectivity index (χ4n) is 3.92. The molecule has 1 aromatic rings. The summed E-state index contributed by atoms with van der Waals surface area (Å²) in [6, 6.07) is 0.442. The molecular weight excluding hydrogens is 300 g/mol. The molecule has 1 amide bonds. The second kappa shape index (κ2) is 7.49. The van der Waals surface area contributed by atoms with Gasteiger partial charge in [0.1, 0.15) is 0 Å². The van der Waals surface area contributed by atoms with Gasteiger partial charge < -0.3 is 11.1 Å². The van der Waals surface area contributed by atoms with Crippen molar-refractivity contribution >= 4 is 11.9 Å². The molecule has 1 atom stereocenters. The maximum atomic E-state index is 11.7. The molecule has 5 heteroatoms. The van der Waals surface area contributed by atoms with Crippen molar-refractivity contribution in [3.8, 4) is 0 Å². The molecule has 5 nitrogen and oxygen atoms in total. The van der Waals surface area contributed by atoms with Crippen LogP contribution in [0.5, 0.6) is 0 Å². The lowest BCUT2D eigenvalue weighted by Crippen LogP contribution is -2.27. The second-order valence-corrected chi connectivity index (χ2v) is 7.89. The van der Waals surface area contributed by atoms with Crippen LogP contribution in [0.3, 0.4) is 0 Å². The van der Waals surface area contributed by atoms with E-state index in [2.05, 4.69) is 29.1 Å². The Hall–Kier alpha value is -1.65. The number of amides is 1. The van der Waals surface area contributed by atoms with Crippen molar-refractivity contribution in [2.24, 2.45) is 23.5 Å². The summed E-state index contributed by atoms with van der Waals surface area (Å²) >= 11 is 0. The van der Waals surface area contributed by atoms with Crippen molar-refractivity contribution in [2.75, 3.05) is 5.32 Å². The van der Waals surface area contributed by atoms with E-state index in [-0.39, 0.29) is 0 Å². The molecule has 1 aromatic heterocycles. The van der Waals surface area contributed by atoms with Gasteiger partial charge >= 0.3 is 0 Å². The van der Waals surface area contributed by atoms with Crippen molar-refractivity contribution in [1.82, 2.24) is 9.97 Å². The van der Waals surface area contributed by atoms with E-state index in [1.807, 2.05) is 0 Å². The van der Waals surface area contributed by atoms with E-state index in [0.717, 1.165) is 36.8 Å². The molecule has 0 bridgehead atoms. The highest BCUT2D eigenvalue weighted by molar-refractivity contribution is 5.93. The van der Waals surface area contributed by atoms with E-state index in [9.17, 15) is 4.79 Å². The summed E-state index contributed by atoms with van der Waals surface area (Å²) in [4.78, 5) is 20.7. The highest BCUT2D eigenvalue weighted by Crippen LogP contribution is 2.35. The lowest BCUT2D eigenvalue weighted by Gasteiger charge is -2.31. The Bertz CT molecular complexity index is 577. The smallest absolute Gasteiger partial charge is 0.252 e. The summed E-state index contributed by atoms with van der Waals surface area (Å²) in [7, 11) is 0. The van der Waals surface area contributed by atoms with Crippen LogP contribution in [-0.4, -0.2) is 21.9 Å². The van der Waals surface area contributed by atoms with E-state index in [1.165, 1.54) is 32.1 Å². The Morgan fingerprint density at radius 1 is 1.29 bits per heavy atom. The lowest BCUT2D eigenvalue weighted by atomic mass is 9.75. The molecule has 0 aliphatic heterocycles. The van der Waals surface area contributed by atoms with E-state index in [0.29, 0.717) is 23.5 Å². The van der Waals surface area contributed by atoms with Gasteiger partial charge in [0.25, 0.3) is 5.91 Å². The zero-order chi connectivity index (χ0) is 17.1. The molecule has 132 valence electrons.